The van der Waals surface area contributed by atoms with Crippen LogP contribution in [-0.4, -0.2) is 10.8 Å². The summed E-state index contributed by atoms with van der Waals surface area (Å²) in [6.07, 6.45) is 4.28. The van der Waals surface area contributed by atoms with Gasteiger partial charge in [0.25, 0.3) is 11.6 Å². The van der Waals surface area contributed by atoms with E-state index in [1.165, 1.54) is 24.3 Å². The summed E-state index contributed by atoms with van der Waals surface area (Å²) >= 11 is 0. The highest BCUT2D eigenvalue weighted by molar-refractivity contribution is 5.97. The molecule has 0 aliphatic heterocycles. The minimum absolute atomic E-state index is 0.0437. The van der Waals surface area contributed by atoms with E-state index in [-0.39, 0.29) is 17.3 Å². The normalized spacial score (nSPS) is 12.4. The van der Waals surface area contributed by atoms with Gasteiger partial charge >= 0.3 is 0 Å². The molecule has 0 saturated heterocycles. The molecule has 2 rings (SSSR count). The maximum absolute atomic E-state index is 12.2. The number of amides is 1. The van der Waals surface area contributed by atoms with E-state index in [9.17, 15) is 20.2 Å². The summed E-state index contributed by atoms with van der Waals surface area (Å²) in [6, 6.07) is 17.2. The van der Waals surface area contributed by atoms with E-state index in [4.69, 9.17) is 0 Å². The molecule has 1 amide bonds. The molecule has 0 spiro atoms. The Hall–Kier alpha value is -3.72. The van der Waals surface area contributed by atoms with Crippen molar-refractivity contribution in [1.82, 2.24) is 5.32 Å². The van der Waals surface area contributed by atoms with Crippen LogP contribution in [0.1, 0.15) is 24.1 Å². The molecule has 0 aliphatic carbocycles. The average Bonchev–Trinajstić information content (AvgIpc) is 2.66. The van der Waals surface area contributed by atoms with Crippen molar-refractivity contribution in [2.24, 2.45) is 0 Å². The van der Waals surface area contributed by atoms with Gasteiger partial charge in [0.15, 0.2) is 0 Å². The van der Waals surface area contributed by atoms with Gasteiger partial charge in [0.1, 0.15) is 11.6 Å². The van der Waals surface area contributed by atoms with E-state index >= 15 is 0 Å². The van der Waals surface area contributed by atoms with Crippen molar-refractivity contribution >= 4 is 17.7 Å². The molecule has 0 radical (unpaired) electrons. The topological polar surface area (TPSA) is 96.0 Å². The molecule has 1 N–H and O–H groups in total. The predicted molar refractivity (Wildman–Crippen MR) is 98.8 cm³/mol. The molecule has 130 valence electrons. The van der Waals surface area contributed by atoms with Crippen LogP contribution in [0.5, 0.6) is 0 Å². The maximum atomic E-state index is 12.2. The van der Waals surface area contributed by atoms with Crippen molar-refractivity contribution in [1.29, 1.82) is 5.26 Å². The van der Waals surface area contributed by atoms with E-state index in [1.54, 1.807) is 18.2 Å². The van der Waals surface area contributed by atoms with Gasteiger partial charge < -0.3 is 5.32 Å². The molecule has 0 bridgehead atoms. The van der Waals surface area contributed by atoms with Crippen molar-refractivity contribution in [3.8, 4) is 6.07 Å². The zero-order valence-corrected chi connectivity index (χ0v) is 14.1. The number of allylic oxidation sites excluding steroid dienone is 2. The van der Waals surface area contributed by atoms with Gasteiger partial charge in [-0.25, -0.2) is 0 Å². The Morgan fingerprint density at radius 3 is 2.50 bits per heavy atom. The number of carbonyl (C=O) groups is 1. The molecule has 6 nitrogen and oxygen atoms in total. The van der Waals surface area contributed by atoms with Gasteiger partial charge in [0.2, 0.25) is 0 Å². The number of rotatable bonds is 6. The first kappa shape index (κ1) is 18.6. The number of nitriles is 1. The number of hydrogen-bond donors (Lipinski definition) is 1. The highest BCUT2D eigenvalue weighted by Crippen LogP contribution is 2.19. The molecule has 2 aromatic carbocycles. The molecule has 0 saturated carbocycles. The van der Waals surface area contributed by atoms with E-state index in [2.05, 4.69) is 5.32 Å². The fourth-order valence-electron chi connectivity index (χ4n) is 2.31. The van der Waals surface area contributed by atoms with E-state index < -0.39 is 10.8 Å². The van der Waals surface area contributed by atoms with Crippen molar-refractivity contribution in [2.75, 3.05) is 0 Å². The van der Waals surface area contributed by atoms with E-state index in [0.29, 0.717) is 5.56 Å². The quantitative estimate of drug-likeness (QED) is 0.281. The first-order chi connectivity index (χ1) is 12.5. The largest absolute Gasteiger partial charge is 0.345 e. The van der Waals surface area contributed by atoms with E-state index in [1.807, 2.05) is 43.3 Å². The summed E-state index contributed by atoms with van der Waals surface area (Å²) < 4.78 is 0. The number of nitrogens with one attached hydrogen (secondary N) is 1. The predicted octanol–water partition coefficient (Wildman–Crippen LogP) is 3.94. The zero-order valence-electron chi connectivity index (χ0n) is 14.1. The molecule has 1 atom stereocenters. The van der Waals surface area contributed by atoms with Crippen LogP contribution in [0, 0.1) is 21.4 Å². The number of nitrogens with zero attached hydrogens (tertiary/aromatic N) is 2. The van der Waals surface area contributed by atoms with Gasteiger partial charge in [0.05, 0.1) is 16.5 Å². The zero-order chi connectivity index (χ0) is 18.9. The molecule has 1 unspecified atom stereocenters. The van der Waals surface area contributed by atoms with Crippen LogP contribution in [-0.2, 0) is 4.79 Å². The highest BCUT2D eigenvalue weighted by Gasteiger charge is 2.13. The third kappa shape index (κ3) is 4.89. The summed E-state index contributed by atoms with van der Waals surface area (Å²) in [7, 11) is 0. The third-order valence-electron chi connectivity index (χ3n) is 3.68. The molecule has 0 fully saturated rings. The van der Waals surface area contributed by atoms with Crippen LogP contribution in [0.2, 0.25) is 0 Å². The summed E-state index contributed by atoms with van der Waals surface area (Å²) in [5, 5.41) is 22.9. The highest BCUT2D eigenvalue weighted by atomic mass is 16.6. The molecular weight excluding hydrogens is 330 g/mol. The smallest absolute Gasteiger partial charge is 0.276 e. The van der Waals surface area contributed by atoms with Crippen molar-refractivity contribution < 1.29 is 9.72 Å². The maximum Gasteiger partial charge on any atom is 0.276 e. The first-order valence-corrected chi connectivity index (χ1v) is 7.90. The third-order valence-corrected chi connectivity index (χ3v) is 3.68. The lowest BCUT2D eigenvalue weighted by atomic mass is 10.1. The number of nitro groups is 1. The molecule has 0 aromatic heterocycles. The van der Waals surface area contributed by atoms with Gasteiger partial charge in [-0.1, -0.05) is 48.5 Å². The second kappa shape index (κ2) is 8.94. The number of benzene rings is 2. The fourth-order valence-corrected chi connectivity index (χ4v) is 2.31. The number of nitro benzene ring substituents is 1. The summed E-state index contributed by atoms with van der Waals surface area (Å²) in [5.41, 5.74) is 1.19. The first-order valence-electron chi connectivity index (χ1n) is 7.90. The summed E-state index contributed by atoms with van der Waals surface area (Å²) in [4.78, 5) is 22.7. The number of carbonyl (C=O) groups excluding carboxylic acids is 1. The Morgan fingerprint density at radius 1 is 1.19 bits per heavy atom. The number of hydrogen-bond acceptors (Lipinski definition) is 4. The molecule has 0 aliphatic rings. The summed E-state index contributed by atoms with van der Waals surface area (Å²) in [5.74, 6) is -0.504. The van der Waals surface area contributed by atoms with Crippen molar-refractivity contribution in [3.05, 3.63) is 93.6 Å². The monoisotopic (exact) mass is 347 g/mol. The lowest BCUT2D eigenvalue weighted by Gasteiger charge is -2.13. The van der Waals surface area contributed by atoms with Crippen LogP contribution in [0.3, 0.4) is 0 Å². The SMILES string of the molecule is CC(NC(=O)C(C#N)=CC=Cc1ccccc1[N+](=O)[O-])c1ccccc1. The lowest BCUT2D eigenvalue weighted by Crippen LogP contribution is -2.27. The van der Waals surface area contributed by atoms with E-state index in [0.717, 1.165) is 5.56 Å². The summed E-state index contributed by atoms with van der Waals surface area (Å²) in [6.45, 7) is 1.82. The van der Waals surface area contributed by atoms with Gasteiger partial charge in [0, 0.05) is 6.07 Å². The van der Waals surface area contributed by atoms with Gasteiger partial charge in [-0.3, -0.25) is 14.9 Å². The standard InChI is InChI=1S/C20H17N3O3/c1-15(16-8-3-2-4-9-16)22-20(24)18(14-21)12-7-11-17-10-5-6-13-19(17)23(25)26/h2-13,15H,1H3,(H,22,24). The minimum Gasteiger partial charge on any atom is -0.345 e. The fraction of sp³-hybridized carbons (Fsp3) is 0.100. The average molecular weight is 347 g/mol. The van der Waals surface area contributed by atoms with Crippen LogP contribution in [0.15, 0.2) is 72.3 Å². The van der Waals surface area contributed by atoms with Crippen LogP contribution in [0.25, 0.3) is 6.08 Å². The molecular formula is C20H17N3O3. The number of para-hydroxylation sites is 1. The van der Waals surface area contributed by atoms with Gasteiger partial charge in [-0.05, 0) is 30.7 Å². The van der Waals surface area contributed by atoms with Crippen molar-refractivity contribution in [3.63, 3.8) is 0 Å². The Morgan fingerprint density at radius 2 is 1.85 bits per heavy atom. The second-order valence-electron chi connectivity index (χ2n) is 5.47. The molecule has 2 aromatic rings. The van der Waals surface area contributed by atoms with Crippen LogP contribution in [0.4, 0.5) is 5.69 Å². The Kier molecular flexibility index (Phi) is 6.40. The molecule has 6 heteroatoms. The molecule has 0 heterocycles. The second-order valence-corrected chi connectivity index (χ2v) is 5.47. The molecule has 26 heavy (non-hydrogen) atoms. The van der Waals surface area contributed by atoms with Crippen molar-refractivity contribution in [2.45, 2.75) is 13.0 Å². The Labute approximate surface area is 151 Å². The Bertz CT molecular complexity index is 896. The van der Waals surface area contributed by atoms with Gasteiger partial charge in [-0.15, -0.1) is 0 Å². The lowest BCUT2D eigenvalue weighted by molar-refractivity contribution is -0.385. The van der Waals surface area contributed by atoms with Crippen LogP contribution >= 0.6 is 0 Å². The Balaban J connectivity index is 2.12. The van der Waals surface area contributed by atoms with Crippen LogP contribution < -0.4 is 5.32 Å². The minimum atomic E-state index is -0.504. The van der Waals surface area contributed by atoms with Gasteiger partial charge in [-0.2, -0.15) is 5.26 Å².